The topological polar surface area (TPSA) is 48.9 Å². The number of guanidine groups is 1. The molecule has 0 bridgehead atoms. The summed E-state index contributed by atoms with van der Waals surface area (Å²) < 4.78 is 42.7. The molecule has 2 N–H and O–H groups in total. The zero-order valence-corrected chi connectivity index (χ0v) is 15.7. The predicted molar refractivity (Wildman–Crippen MR) is 94.9 cm³/mol. The average molecular weight is 366 g/mol. The van der Waals surface area contributed by atoms with E-state index in [2.05, 4.69) is 15.6 Å². The maximum Gasteiger partial charge on any atom is 0.401 e. The number of rotatable bonds is 10. The van der Waals surface area contributed by atoms with Crippen molar-refractivity contribution in [1.82, 2.24) is 15.5 Å². The van der Waals surface area contributed by atoms with Gasteiger partial charge in [0.1, 0.15) is 0 Å². The van der Waals surface area contributed by atoms with E-state index in [-0.39, 0.29) is 6.10 Å². The van der Waals surface area contributed by atoms with E-state index in [4.69, 9.17) is 4.74 Å². The van der Waals surface area contributed by atoms with Crippen molar-refractivity contribution in [2.45, 2.75) is 51.3 Å². The van der Waals surface area contributed by atoms with E-state index in [9.17, 15) is 13.2 Å². The van der Waals surface area contributed by atoms with E-state index in [1.807, 2.05) is 6.92 Å². The molecule has 0 heterocycles. The molecule has 1 saturated carbocycles. The third-order valence-electron chi connectivity index (χ3n) is 4.49. The van der Waals surface area contributed by atoms with Gasteiger partial charge in [0.05, 0.1) is 12.6 Å². The molecule has 5 nitrogen and oxygen atoms in total. The molecule has 25 heavy (non-hydrogen) atoms. The van der Waals surface area contributed by atoms with Crippen molar-refractivity contribution >= 4 is 5.96 Å². The zero-order chi connectivity index (χ0) is 18.7. The Morgan fingerprint density at radius 3 is 2.44 bits per heavy atom. The van der Waals surface area contributed by atoms with Gasteiger partial charge >= 0.3 is 6.18 Å². The van der Waals surface area contributed by atoms with Gasteiger partial charge in [0.25, 0.3) is 0 Å². The highest BCUT2D eigenvalue weighted by molar-refractivity contribution is 5.79. The van der Waals surface area contributed by atoms with Gasteiger partial charge in [0.2, 0.25) is 0 Å². The third kappa shape index (κ3) is 9.89. The van der Waals surface area contributed by atoms with Crippen LogP contribution in [0.15, 0.2) is 4.99 Å². The van der Waals surface area contributed by atoms with Crippen LogP contribution >= 0.6 is 0 Å². The minimum absolute atomic E-state index is 0.274. The lowest BCUT2D eigenvalue weighted by atomic mass is 9.98. The smallest absolute Gasteiger partial charge is 0.378 e. The van der Waals surface area contributed by atoms with Gasteiger partial charge in [-0.3, -0.25) is 9.89 Å². The highest BCUT2D eigenvalue weighted by atomic mass is 19.4. The van der Waals surface area contributed by atoms with Crippen LogP contribution in [0, 0.1) is 5.92 Å². The molecule has 0 saturated heterocycles. The number of alkyl halides is 3. The van der Waals surface area contributed by atoms with Crippen molar-refractivity contribution in [2.75, 3.05) is 46.9 Å². The third-order valence-corrected chi connectivity index (χ3v) is 4.49. The van der Waals surface area contributed by atoms with Crippen LogP contribution in [-0.4, -0.2) is 70.0 Å². The number of nitrogens with one attached hydrogen (secondary N) is 2. The lowest BCUT2D eigenvalue weighted by Gasteiger charge is -2.24. The van der Waals surface area contributed by atoms with Gasteiger partial charge in [-0.25, -0.2) is 0 Å². The quantitative estimate of drug-likeness (QED) is 0.461. The predicted octanol–water partition coefficient (Wildman–Crippen LogP) is 2.63. The highest BCUT2D eigenvalue weighted by Gasteiger charge is 2.29. The van der Waals surface area contributed by atoms with Crippen LogP contribution < -0.4 is 10.6 Å². The van der Waals surface area contributed by atoms with Gasteiger partial charge in [0, 0.05) is 33.3 Å². The highest BCUT2D eigenvalue weighted by Crippen LogP contribution is 2.30. The van der Waals surface area contributed by atoms with Gasteiger partial charge in [-0.2, -0.15) is 13.2 Å². The fraction of sp³-hybridized carbons (Fsp3) is 0.941. The molecule has 1 aliphatic carbocycles. The van der Waals surface area contributed by atoms with Crippen molar-refractivity contribution in [1.29, 1.82) is 0 Å². The number of nitrogens with zero attached hydrogens (tertiary/aromatic N) is 2. The number of hydrogen-bond acceptors (Lipinski definition) is 3. The van der Waals surface area contributed by atoms with Crippen LogP contribution in [0.1, 0.15) is 39.0 Å². The van der Waals surface area contributed by atoms with Gasteiger partial charge in [-0.05, 0) is 39.2 Å². The first-order valence-corrected chi connectivity index (χ1v) is 9.17. The molecule has 1 fully saturated rings. The first-order chi connectivity index (χ1) is 11.9. The van der Waals surface area contributed by atoms with Crippen molar-refractivity contribution in [3.8, 4) is 0 Å². The molecule has 148 valence electrons. The minimum Gasteiger partial charge on any atom is -0.378 e. The summed E-state index contributed by atoms with van der Waals surface area (Å²) >= 11 is 0. The Kier molecular flexibility index (Phi) is 10.2. The molecule has 0 aromatic rings. The van der Waals surface area contributed by atoms with E-state index in [0.29, 0.717) is 25.0 Å². The SMILES string of the molecule is CCOC(CCNC(=NC)NCCN(C)CC(F)(F)F)C1CCCC1. The average Bonchev–Trinajstić information content (AvgIpc) is 3.05. The van der Waals surface area contributed by atoms with Crippen molar-refractivity contribution in [3.63, 3.8) is 0 Å². The largest absolute Gasteiger partial charge is 0.401 e. The van der Waals surface area contributed by atoms with E-state index in [1.54, 1.807) is 7.05 Å². The first-order valence-electron chi connectivity index (χ1n) is 9.17. The van der Waals surface area contributed by atoms with Crippen LogP contribution in [-0.2, 0) is 4.74 Å². The molecule has 0 spiro atoms. The summed E-state index contributed by atoms with van der Waals surface area (Å²) in [5.74, 6) is 1.26. The fourth-order valence-electron chi connectivity index (χ4n) is 3.30. The second-order valence-corrected chi connectivity index (χ2v) is 6.61. The summed E-state index contributed by atoms with van der Waals surface area (Å²) in [6.07, 6.45) is 2.08. The zero-order valence-electron chi connectivity index (χ0n) is 15.7. The number of likely N-dealkylation sites (N-methyl/N-ethyl adjacent to an activating group) is 1. The molecule has 1 unspecified atom stereocenters. The molecule has 1 aliphatic rings. The van der Waals surface area contributed by atoms with E-state index in [1.165, 1.54) is 37.6 Å². The molecule has 0 aromatic carbocycles. The summed E-state index contributed by atoms with van der Waals surface area (Å²) in [7, 11) is 3.12. The summed E-state index contributed by atoms with van der Waals surface area (Å²) in [4.78, 5) is 5.35. The minimum atomic E-state index is -4.16. The van der Waals surface area contributed by atoms with Crippen LogP contribution in [0.3, 0.4) is 0 Å². The number of hydrogen-bond donors (Lipinski definition) is 2. The van der Waals surface area contributed by atoms with Gasteiger partial charge in [-0.15, -0.1) is 0 Å². The number of ether oxygens (including phenoxy) is 1. The molecular weight excluding hydrogens is 333 g/mol. The van der Waals surface area contributed by atoms with Crippen molar-refractivity contribution in [2.24, 2.45) is 10.9 Å². The molecular formula is C17H33F3N4O. The molecule has 0 aromatic heterocycles. The van der Waals surface area contributed by atoms with Crippen molar-refractivity contribution in [3.05, 3.63) is 0 Å². The lowest BCUT2D eigenvalue weighted by Crippen LogP contribution is -2.43. The molecule has 1 atom stereocenters. The Bertz CT molecular complexity index is 385. The number of halogens is 3. The van der Waals surface area contributed by atoms with Crippen LogP contribution in [0.4, 0.5) is 13.2 Å². The molecule has 8 heteroatoms. The monoisotopic (exact) mass is 366 g/mol. The van der Waals surface area contributed by atoms with Gasteiger partial charge in [-0.1, -0.05) is 12.8 Å². The first kappa shape index (κ1) is 22.0. The molecule has 0 radical (unpaired) electrons. The summed E-state index contributed by atoms with van der Waals surface area (Å²) in [5.41, 5.74) is 0. The van der Waals surface area contributed by atoms with Crippen LogP contribution in [0.25, 0.3) is 0 Å². The Balaban J connectivity index is 2.24. The van der Waals surface area contributed by atoms with E-state index < -0.39 is 12.7 Å². The van der Waals surface area contributed by atoms with Crippen LogP contribution in [0.5, 0.6) is 0 Å². The Morgan fingerprint density at radius 2 is 1.88 bits per heavy atom. The lowest BCUT2D eigenvalue weighted by molar-refractivity contribution is -0.142. The summed E-state index contributed by atoms with van der Waals surface area (Å²) in [5, 5.41) is 6.27. The van der Waals surface area contributed by atoms with E-state index >= 15 is 0 Å². The van der Waals surface area contributed by atoms with Gasteiger partial charge in [0.15, 0.2) is 5.96 Å². The maximum absolute atomic E-state index is 12.3. The summed E-state index contributed by atoms with van der Waals surface area (Å²) in [6, 6.07) is 0. The molecule has 1 rings (SSSR count). The summed E-state index contributed by atoms with van der Waals surface area (Å²) in [6.45, 7) is 3.28. The van der Waals surface area contributed by atoms with E-state index in [0.717, 1.165) is 19.6 Å². The normalized spacial score (nSPS) is 18.0. The Labute approximate surface area is 149 Å². The van der Waals surface area contributed by atoms with Gasteiger partial charge < -0.3 is 15.4 Å². The van der Waals surface area contributed by atoms with Crippen molar-refractivity contribution < 1.29 is 17.9 Å². The second kappa shape index (κ2) is 11.6. The molecule has 0 aliphatic heterocycles. The maximum atomic E-state index is 12.3. The Hall–Kier alpha value is -1.02. The second-order valence-electron chi connectivity index (χ2n) is 6.61. The number of aliphatic imine (C=N–C) groups is 1. The fourth-order valence-corrected chi connectivity index (χ4v) is 3.30. The Morgan fingerprint density at radius 1 is 1.24 bits per heavy atom. The standard InChI is InChI=1S/C17H33F3N4O/c1-4-25-15(14-7-5-6-8-14)9-10-22-16(21-2)23-11-12-24(3)13-17(18,19)20/h14-15H,4-13H2,1-3H3,(H2,21,22,23). The molecule has 0 amide bonds. The van der Waals surface area contributed by atoms with Crippen LogP contribution in [0.2, 0.25) is 0 Å².